The van der Waals surface area contributed by atoms with Crippen molar-refractivity contribution < 1.29 is 14.3 Å². The molecule has 1 N–H and O–H groups in total. The van der Waals surface area contributed by atoms with Crippen LogP contribution in [-0.4, -0.2) is 25.7 Å². The van der Waals surface area contributed by atoms with E-state index in [1.54, 1.807) is 7.11 Å². The van der Waals surface area contributed by atoms with Gasteiger partial charge in [-0.2, -0.15) is 0 Å². The van der Waals surface area contributed by atoms with E-state index in [0.29, 0.717) is 11.8 Å². The van der Waals surface area contributed by atoms with Crippen molar-refractivity contribution in [1.29, 1.82) is 0 Å². The molecule has 4 heteroatoms. The zero-order valence-corrected chi connectivity index (χ0v) is 17.2. The molecule has 0 aromatic heterocycles. The molecule has 1 heterocycles. The van der Waals surface area contributed by atoms with Crippen LogP contribution in [0.2, 0.25) is 0 Å². The van der Waals surface area contributed by atoms with Crippen LogP contribution in [0.25, 0.3) is 0 Å². The molecular formula is C23H33NO3. The Kier molecular flexibility index (Phi) is 4.53. The zero-order valence-electron chi connectivity index (χ0n) is 17.2. The first-order valence-corrected chi connectivity index (χ1v) is 10.4. The predicted molar refractivity (Wildman–Crippen MR) is 106 cm³/mol. The van der Waals surface area contributed by atoms with Crippen molar-refractivity contribution in [2.45, 2.75) is 59.1 Å². The Bertz CT molecular complexity index is 728. The quantitative estimate of drug-likeness (QED) is 0.856. The van der Waals surface area contributed by atoms with E-state index >= 15 is 0 Å². The SMILES string of the molecule is COc1cccc([C@H]2OCC[C@@]34C[C@@H](C[C@H]23)C(C)(C)[C@H]4NC(=O)C(C)C)c1. The monoisotopic (exact) mass is 371 g/mol. The summed E-state index contributed by atoms with van der Waals surface area (Å²) in [5.41, 5.74) is 1.49. The minimum atomic E-state index is 0.0174. The molecule has 4 rings (SSSR count). The molecule has 1 saturated heterocycles. The van der Waals surface area contributed by atoms with Crippen LogP contribution < -0.4 is 10.1 Å². The third-order valence-corrected chi connectivity index (χ3v) is 7.74. The van der Waals surface area contributed by atoms with Gasteiger partial charge in [-0.25, -0.2) is 0 Å². The van der Waals surface area contributed by atoms with E-state index in [1.807, 2.05) is 26.0 Å². The van der Waals surface area contributed by atoms with Gasteiger partial charge in [-0.3, -0.25) is 4.79 Å². The maximum absolute atomic E-state index is 12.6. The third kappa shape index (κ3) is 2.79. The normalized spacial score (nSPS) is 36.5. The van der Waals surface area contributed by atoms with Crippen LogP contribution in [0.15, 0.2) is 24.3 Å². The molecule has 1 aromatic carbocycles. The highest BCUT2D eigenvalue weighted by Crippen LogP contribution is 2.70. The minimum absolute atomic E-state index is 0.0174. The van der Waals surface area contributed by atoms with E-state index in [2.05, 4.69) is 31.3 Å². The summed E-state index contributed by atoms with van der Waals surface area (Å²) in [6, 6.07) is 8.53. The summed E-state index contributed by atoms with van der Waals surface area (Å²) in [6.45, 7) is 9.42. The van der Waals surface area contributed by atoms with E-state index < -0.39 is 0 Å². The Balaban J connectivity index is 1.68. The number of nitrogens with one attached hydrogen (secondary N) is 1. The first kappa shape index (κ1) is 18.8. The molecule has 0 unspecified atom stereocenters. The number of amides is 1. The molecule has 0 radical (unpaired) electrons. The van der Waals surface area contributed by atoms with Crippen molar-refractivity contribution in [3.63, 3.8) is 0 Å². The molecule has 2 aliphatic carbocycles. The number of benzene rings is 1. The number of rotatable bonds is 4. The summed E-state index contributed by atoms with van der Waals surface area (Å²) in [5.74, 6) is 2.16. The van der Waals surface area contributed by atoms with E-state index in [0.717, 1.165) is 18.8 Å². The molecule has 1 amide bonds. The Hall–Kier alpha value is -1.55. The Morgan fingerprint density at radius 1 is 1.33 bits per heavy atom. The number of hydrogen-bond acceptors (Lipinski definition) is 3. The average molecular weight is 372 g/mol. The lowest BCUT2D eigenvalue weighted by Crippen LogP contribution is -2.59. The molecule has 1 aliphatic heterocycles. The largest absolute Gasteiger partial charge is 0.497 e. The second kappa shape index (κ2) is 6.51. The lowest BCUT2D eigenvalue weighted by molar-refractivity contribution is -0.139. The zero-order chi connectivity index (χ0) is 19.4. The van der Waals surface area contributed by atoms with Gasteiger partial charge in [0.25, 0.3) is 0 Å². The molecular weight excluding hydrogens is 338 g/mol. The van der Waals surface area contributed by atoms with Crippen molar-refractivity contribution >= 4 is 5.91 Å². The van der Waals surface area contributed by atoms with Crippen molar-refractivity contribution in [2.75, 3.05) is 13.7 Å². The maximum Gasteiger partial charge on any atom is 0.222 e. The van der Waals surface area contributed by atoms with Crippen LogP contribution in [0, 0.1) is 28.6 Å². The maximum atomic E-state index is 12.6. The van der Waals surface area contributed by atoms with Crippen LogP contribution in [-0.2, 0) is 9.53 Å². The second-order valence-corrected chi connectivity index (χ2v) is 9.71. The number of fused-ring (bicyclic) bond motifs is 1. The summed E-state index contributed by atoms with van der Waals surface area (Å²) >= 11 is 0. The molecule has 5 atom stereocenters. The van der Waals surface area contributed by atoms with E-state index in [-0.39, 0.29) is 34.8 Å². The van der Waals surface area contributed by atoms with Gasteiger partial charge in [-0.15, -0.1) is 0 Å². The molecule has 4 nitrogen and oxygen atoms in total. The molecule has 1 aromatic rings. The Morgan fingerprint density at radius 2 is 2.11 bits per heavy atom. The van der Waals surface area contributed by atoms with Gasteiger partial charge in [-0.05, 0) is 59.6 Å². The first-order chi connectivity index (χ1) is 12.8. The van der Waals surface area contributed by atoms with Crippen molar-refractivity contribution in [2.24, 2.45) is 28.6 Å². The van der Waals surface area contributed by atoms with E-state index in [4.69, 9.17) is 9.47 Å². The number of carbonyl (C=O) groups is 1. The summed E-state index contributed by atoms with van der Waals surface area (Å²) in [4.78, 5) is 12.6. The van der Waals surface area contributed by atoms with Gasteiger partial charge in [-0.1, -0.05) is 39.8 Å². The second-order valence-electron chi connectivity index (χ2n) is 9.71. The third-order valence-electron chi connectivity index (χ3n) is 7.74. The smallest absolute Gasteiger partial charge is 0.222 e. The highest BCUT2D eigenvalue weighted by molar-refractivity contribution is 5.78. The highest BCUT2D eigenvalue weighted by Gasteiger charge is 2.68. The average Bonchev–Trinajstić information content (AvgIpc) is 3.14. The van der Waals surface area contributed by atoms with E-state index in [9.17, 15) is 4.79 Å². The number of carbonyl (C=O) groups excluding carboxylic acids is 1. The molecule has 2 saturated carbocycles. The standard InChI is InChI=1S/C23H33NO3/c1-14(2)20(25)24-21-22(3,4)16-12-18-19(27-10-9-23(18,21)13-16)15-7-6-8-17(11-15)26-5/h6-8,11,14,16,18-19,21H,9-10,12-13H2,1-5H3,(H,24,25)/t16-,18-,19-,21-,23-/m1/s1. The fourth-order valence-electron chi connectivity index (χ4n) is 6.24. The van der Waals surface area contributed by atoms with Gasteiger partial charge in [0.1, 0.15) is 5.75 Å². The topological polar surface area (TPSA) is 47.6 Å². The van der Waals surface area contributed by atoms with Gasteiger partial charge in [0.15, 0.2) is 0 Å². The van der Waals surface area contributed by atoms with Gasteiger partial charge >= 0.3 is 0 Å². The van der Waals surface area contributed by atoms with Crippen molar-refractivity contribution in [3.05, 3.63) is 29.8 Å². The minimum Gasteiger partial charge on any atom is -0.497 e. The van der Waals surface area contributed by atoms with Crippen LogP contribution in [0.3, 0.4) is 0 Å². The molecule has 3 aliphatic rings. The summed E-state index contributed by atoms with van der Waals surface area (Å²) in [5, 5.41) is 3.47. The summed E-state index contributed by atoms with van der Waals surface area (Å²) < 4.78 is 11.8. The summed E-state index contributed by atoms with van der Waals surface area (Å²) in [6.07, 6.45) is 3.52. The molecule has 27 heavy (non-hydrogen) atoms. The lowest BCUT2D eigenvalue weighted by atomic mass is 9.58. The van der Waals surface area contributed by atoms with E-state index in [1.165, 1.54) is 18.4 Å². The number of methoxy groups -OCH3 is 1. The molecule has 2 bridgehead atoms. The van der Waals surface area contributed by atoms with Gasteiger partial charge < -0.3 is 14.8 Å². The fourth-order valence-corrected chi connectivity index (χ4v) is 6.24. The fraction of sp³-hybridized carbons (Fsp3) is 0.696. The first-order valence-electron chi connectivity index (χ1n) is 10.4. The number of hydrogen-bond donors (Lipinski definition) is 1. The number of ether oxygens (including phenoxy) is 2. The lowest BCUT2D eigenvalue weighted by Gasteiger charge is -2.53. The summed E-state index contributed by atoms with van der Waals surface area (Å²) in [7, 11) is 1.71. The highest BCUT2D eigenvalue weighted by atomic mass is 16.5. The molecule has 1 spiro atoms. The van der Waals surface area contributed by atoms with Crippen LogP contribution in [0.4, 0.5) is 0 Å². The van der Waals surface area contributed by atoms with Crippen LogP contribution >= 0.6 is 0 Å². The van der Waals surface area contributed by atoms with Gasteiger partial charge in [0.2, 0.25) is 5.91 Å². The molecule has 148 valence electrons. The van der Waals surface area contributed by atoms with Gasteiger partial charge in [0.05, 0.1) is 13.2 Å². The van der Waals surface area contributed by atoms with Gasteiger partial charge in [0, 0.05) is 18.6 Å². The van der Waals surface area contributed by atoms with Crippen molar-refractivity contribution in [1.82, 2.24) is 5.32 Å². The Labute approximate surface area is 163 Å². The molecule has 3 fully saturated rings. The van der Waals surface area contributed by atoms with Crippen LogP contribution in [0.1, 0.15) is 58.6 Å². The Morgan fingerprint density at radius 3 is 2.81 bits per heavy atom. The predicted octanol–water partition coefficient (Wildman–Crippen LogP) is 4.35. The van der Waals surface area contributed by atoms with Crippen molar-refractivity contribution in [3.8, 4) is 5.75 Å². The van der Waals surface area contributed by atoms with Crippen LogP contribution in [0.5, 0.6) is 5.75 Å².